The van der Waals surface area contributed by atoms with Crippen LogP contribution in [0.1, 0.15) is 25.7 Å². The third-order valence-electron chi connectivity index (χ3n) is 3.47. The summed E-state index contributed by atoms with van der Waals surface area (Å²) < 4.78 is 30.2. The van der Waals surface area contributed by atoms with Gasteiger partial charge in [0.1, 0.15) is 0 Å². The highest BCUT2D eigenvalue weighted by Gasteiger charge is 2.27. The van der Waals surface area contributed by atoms with Gasteiger partial charge in [0.15, 0.2) is 0 Å². The van der Waals surface area contributed by atoms with Crippen LogP contribution in [0.15, 0.2) is 0 Å². The number of esters is 1. The first-order chi connectivity index (χ1) is 8.99. The van der Waals surface area contributed by atoms with Crippen LogP contribution in [0.25, 0.3) is 0 Å². The first-order valence-electron chi connectivity index (χ1n) is 6.69. The molecule has 1 saturated heterocycles. The van der Waals surface area contributed by atoms with E-state index < -0.39 is 10.0 Å². The van der Waals surface area contributed by atoms with Crippen LogP contribution in [0.2, 0.25) is 0 Å². The standard InChI is InChI=1S/C12H24N2O4S/c1-13-10-11-5-7-14(8-6-11)19(16,17)9-3-4-12(15)18-2/h11,13H,3-10H2,1-2H3. The topological polar surface area (TPSA) is 75.7 Å². The summed E-state index contributed by atoms with van der Waals surface area (Å²) in [7, 11) is 0.00109. The Labute approximate surface area is 115 Å². The fourth-order valence-electron chi connectivity index (χ4n) is 2.31. The second kappa shape index (κ2) is 7.81. The zero-order valence-electron chi connectivity index (χ0n) is 11.7. The van der Waals surface area contributed by atoms with Crippen LogP contribution in [-0.2, 0) is 19.6 Å². The summed E-state index contributed by atoms with van der Waals surface area (Å²) in [6.45, 7) is 2.12. The molecule has 0 atom stereocenters. The van der Waals surface area contributed by atoms with Crippen molar-refractivity contribution in [1.29, 1.82) is 0 Å². The minimum Gasteiger partial charge on any atom is -0.469 e. The molecule has 1 fully saturated rings. The van der Waals surface area contributed by atoms with Crippen LogP contribution in [0, 0.1) is 5.92 Å². The van der Waals surface area contributed by atoms with Gasteiger partial charge in [-0.1, -0.05) is 0 Å². The molecule has 0 radical (unpaired) electrons. The Kier molecular flexibility index (Phi) is 6.74. The molecule has 0 aromatic carbocycles. The molecule has 0 aliphatic carbocycles. The lowest BCUT2D eigenvalue weighted by molar-refractivity contribution is -0.140. The van der Waals surface area contributed by atoms with Crippen molar-refractivity contribution in [3.8, 4) is 0 Å². The van der Waals surface area contributed by atoms with Crippen molar-refractivity contribution >= 4 is 16.0 Å². The summed E-state index contributed by atoms with van der Waals surface area (Å²) in [5, 5.41) is 3.12. The second-order valence-electron chi connectivity index (χ2n) is 4.90. The predicted octanol–water partition coefficient (Wildman–Crippen LogP) is 0.201. The van der Waals surface area contributed by atoms with E-state index >= 15 is 0 Å². The fraction of sp³-hybridized carbons (Fsp3) is 0.917. The van der Waals surface area contributed by atoms with Gasteiger partial charge >= 0.3 is 5.97 Å². The summed E-state index contributed by atoms with van der Waals surface area (Å²) in [6.07, 6.45) is 2.28. The number of carbonyl (C=O) groups is 1. The van der Waals surface area contributed by atoms with Crippen molar-refractivity contribution < 1.29 is 17.9 Å². The third kappa shape index (κ3) is 5.46. The molecular formula is C12H24N2O4S. The summed E-state index contributed by atoms with van der Waals surface area (Å²) in [5.41, 5.74) is 0. The zero-order chi connectivity index (χ0) is 14.3. The molecule has 1 N–H and O–H groups in total. The van der Waals surface area contributed by atoms with Gasteiger partial charge in [0.05, 0.1) is 12.9 Å². The van der Waals surface area contributed by atoms with E-state index in [-0.39, 0.29) is 18.1 Å². The fourth-order valence-corrected chi connectivity index (χ4v) is 3.84. The first kappa shape index (κ1) is 16.4. The Hall–Kier alpha value is -0.660. The van der Waals surface area contributed by atoms with Gasteiger partial charge < -0.3 is 10.1 Å². The maximum Gasteiger partial charge on any atom is 0.305 e. The van der Waals surface area contributed by atoms with E-state index in [9.17, 15) is 13.2 Å². The SMILES string of the molecule is CNCC1CCN(S(=O)(=O)CCCC(=O)OC)CC1. The maximum atomic E-state index is 12.1. The van der Waals surface area contributed by atoms with E-state index in [4.69, 9.17) is 0 Å². The molecule has 112 valence electrons. The Morgan fingerprint density at radius 3 is 2.53 bits per heavy atom. The number of nitrogens with one attached hydrogen (secondary N) is 1. The molecule has 0 unspecified atom stereocenters. The normalized spacial score (nSPS) is 18.4. The molecule has 6 nitrogen and oxygen atoms in total. The van der Waals surface area contributed by atoms with E-state index in [0.717, 1.165) is 19.4 Å². The monoisotopic (exact) mass is 292 g/mol. The highest BCUT2D eigenvalue weighted by atomic mass is 32.2. The van der Waals surface area contributed by atoms with Crippen LogP contribution in [0.3, 0.4) is 0 Å². The number of ether oxygens (including phenoxy) is 1. The molecule has 0 amide bonds. The lowest BCUT2D eigenvalue weighted by Gasteiger charge is -2.31. The molecule has 1 aliphatic heterocycles. The lowest BCUT2D eigenvalue weighted by atomic mass is 9.98. The van der Waals surface area contributed by atoms with Crippen molar-refractivity contribution in [3.63, 3.8) is 0 Å². The molecule has 0 aromatic rings. The average molecular weight is 292 g/mol. The minimum atomic E-state index is -3.22. The summed E-state index contributed by atoms with van der Waals surface area (Å²) in [6, 6.07) is 0. The summed E-state index contributed by atoms with van der Waals surface area (Å²) in [5.74, 6) is 0.230. The van der Waals surface area contributed by atoms with Gasteiger partial charge in [-0.2, -0.15) is 0 Å². The Morgan fingerprint density at radius 2 is 2.00 bits per heavy atom. The van der Waals surface area contributed by atoms with Crippen molar-refractivity contribution in [2.24, 2.45) is 5.92 Å². The molecule has 1 heterocycles. The van der Waals surface area contributed by atoms with Crippen molar-refractivity contribution in [2.75, 3.05) is 39.5 Å². The molecule has 1 aliphatic rings. The number of hydrogen-bond donors (Lipinski definition) is 1. The molecule has 1 rings (SSSR count). The smallest absolute Gasteiger partial charge is 0.305 e. The zero-order valence-corrected chi connectivity index (χ0v) is 12.5. The highest BCUT2D eigenvalue weighted by molar-refractivity contribution is 7.89. The number of sulfonamides is 1. The Balaban J connectivity index is 2.36. The number of hydrogen-bond acceptors (Lipinski definition) is 5. The molecule has 0 bridgehead atoms. The minimum absolute atomic E-state index is 0.0266. The molecule has 7 heteroatoms. The average Bonchev–Trinajstić information content (AvgIpc) is 2.39. The van der Waals surface area contributed by atoms with Crippen LogP contribution in [-0.4, -0.2) is 58.2 Å². The van der Waals surface area contributed by atoms with Gasteiger partial charge in [-0.15, -0.1) is 0 Å². The van der Waals surface area contributed by atoms with Crippen LogP contribution < -0.4 is 5.32 Å². The lowest BCUT2D eigenvalue weighted by Crippen LogP contribution is -2.41. The molecule has 19 heavy (non-hydrogen) atoms. The molecule has 0 spiro atoms. The van der Waals surface area contributed by atoms with Gasteiger partial charge in [0.25, 0.3) is 0 Å². The molecular weight excluding hydrogens is 268 g/mol. The van der Waals surface area contributed by atoms with E-state index in [2.05, 4.69) is 10.1 Å². The van der Waals surface area contributed by atoms with Crippen LogP contribution >= 0.6 is 0 Å². The van der Waals surface area contributed by atoms with Crippen molar-refractivity contribution in [3.05, 3.63) is 0 Å². The number of piperidine rings is 1. The maximum absolute atomic E-state index is 12.1. The van der Waals surface area contributed by atoms with Gasteiger partial charge in [0.2, 0.25) is 10.0 Å². The third-order valence-corrected chi connectivity index (χ3v) is 5.43. The molecule has 0 saturated carbocycles. The van der Waals surface area contributed by atoms with Gasteiger partial charge in [-0.05, 0) is 38.8 Å². The van der Waals surface area contributed by atoms with Crippen molar-refractivity contribution in [1.82, 2.24) is 9.62 Å². The number of rotatable bonds is 7. The number of methoxy groups -OCH3 is 1. The highest BCUT2D eigenvalue weighted by Crippen LogP contribution is 2.19. The quantitative estimate of drug-likeness (QED) is 0.679. The second-order valence-corrected chi connectivity index (χ2v) is 6.98. The van der Waals surface area contributed by atoms with Crippen LogP contribution in [0.4, 0.5) is 0 Å². The van der Waals surface area contributed by atoms with E-state index in [1.807, 2.05) is 7.05 Å². The first-order valence-corrected chi connectivity index (χ1v) is 8.29. The Morgan fingerprint density at radius 1 is 1.37 bits per heavy atom. The number of carbonyl (C=O) groups excluding carboxylic acids is 1. The van der Waals surface area contributed by atoms with Gasteiger partial charge in [-0.25, -0.2) is 12.7 Å². The van der Waals surface area contributed by atoms with E-state index in [0.29, 0.717) is 25.4 Å². The largest absolute Gasteiger partial charge is 0.469 e. The molecule has 0 aromatic heterocycles. The van der Waals surface area contributed by atoms with Gasteiger partial charge in [0, 0.05) is 19.5 Å². The summed E-state index contributed by atoms with van der Waals surface area (Å²) >= 11 is 0. The van der Waals surface area contributed by atoms with Gasteiger partial charge in [-0.3, -0.25) is 4.79 Å². The predicted molar refractivity (Wildman–Crippen MR) is 73.3 cm³/mol. The van der Waals surface area contributed by atoms with Crippen LogP contribution in [0.5, 0.6) is 0 Å². The summed E-state index contributed by atoms with van der Waals surface area (Å²) in [4.78, 5) is 11.0. The van der Waals surface area contributed by atoms with E-state index in [1.54, 1.807) is 4.31 Å². The van der Waals surface area contributed by atoms with Crippen molar-refractivity contribution in [2.45, 2.75) is 25.7 Å². The number of nitrogens with zero attached hydrogens (tertiary/aromatic N) is 1. The van der Waals surface area contributed by atoms with E-state index in [1.165, 1.54) is 7.11 Å². The Bertz CT molecular complexity index is 375.